The molecule has 0 saturated carbocycles. The average molecular weight is 491 g/mol. The Kier molecular flexibility index (Phi) is 7.26. The lowest BCUT2D eigenvalue weighted by atomic mass is 10.1. The maximum Gasteiger partial charge on any atom is 0.261 e. The van der Waals surface area contributed by atoms with E-state index in [-0.39, 0.29) is 17.2 Å². The van der Waals surface area contributed by atoms with E-state index < -0.39 is 10.0 Å². The quantitative estimate of drug-likeness (QED) is 0.337. The molecule has 0 unspecified atom stereocenters. The third-order valence-electron chi connectivity index (χ3n) is 5.38. The summed E-state index contributed by atoms with van der Waals surface area (Å²) in [6.45, 7) is 3.75. The Bertz CT molecular complexity index is 1420. The van der Waals surface area contributed by atoms with E-state index in [2.05, 4.69) is 20.2 Å². The van der Waals surface area contributed by atoms with Gasteiger partial charge in [0.1, 0.15) is 0 Å². The maximum atomic E-state index is 12.7. The summed E-state index contributed by atoms with van der Waals surface area (Å²) < 4.78 is 33.4. The fourth-order valence-corrected chi connectivity index (χ4v) is 4.57. The largest absolute Gasteiger partial charge is 0.339 e. The number of sulfonamides is 1. The number of hydrogen-bond donors (Lipinski definition) is 2. The van der Waals surface area contributed by atoms with Crippen LogP contribution in [0.15, 0.2) is 82.2 Å². The summed E-state index contributed by atoms with van der Waals surface area (Å²) in [6, 6.07) is 21.2. The Balaban J connectivity index is 1.29. The molecule has 0 aliphatic heterocycles. The van der Waals surface area contributed by atoms with Gasteiger partial charge in [-0.1, -0.05) is 47.6 Å². The van der Waals surface area contributed by atoms with Gasteiger partial charge in [0.25, 0.3) is 10.0 Å². The molecular weight excluding hydrogens is 464 g/mol. The predicted octanol–water partition coefficient (Wildman–Crippen LogP) is 5.12. The third kappa shape index (κ3) is 6.33. The van der Waals surface area contributed by atoms with Crippen LogP contribution in [0.3, 0.4) is 0 Å². The van der Waals surface area contributed by atoms with Gasteiger partial charge in [-0.05, 0) is 61.7 Å². The summed E-state index contributed by atoms with van der Waals surface area (Å²) in [6.07, 6.45) is 1.28. The monoisotopic (exact) mass is 490 g/mol. The van der Waals surface area contributed by atoms with Crippen LogP contribution in [-0.2, 0) is 21.2 Å². The number of nitrogens with zero attached hydrogens (tertiary/aromatic N) is 2. The van der Waals surface area contributed by atoms with Gasteiger partial charge in [-0.2, -0.15) is 4.98 Å². The van der Waals surface area contributed by atoms with Crippen LogP contribution in [0.2, 0.25) is 0 Å². The highest BCUT2D eigenvalue weighted by Crippen LogP contribution is 2.22. The molecule has 0 fully saturated rings. The molecule has 1 amide bonds. The second kappa shape index (κ2) is 10.5. The molecule has 0 radical (unpaired) electrons. The fourth-order valence-electron chi connectivity index (χ4n) is 3.45. The number of aromatic nitrogens is 2. The molecule has 180 valence electrons. The van der Waals surface area contributed by atoms with Crippen LogP contribution in [0, 0.1) is 13.8 Å². The van der Waals surface area contributed by atoms with Gasteiger partial charge < -0.3 is 9.84 Å². The van der Waals surface area contributed by atoms with Gasteiger partial charge in [0.2, 0.25) is 17.6 Å². The minimum atomic E-state index is -3.75. The van der Waals surface area contributed by atoms with Gasteiger partial charge >= 0.3 is 0 Å². The molecule has 2 N–H and O–H groups in total. The molecule has 0 atom stereocenters. The van der Waals surface area contributed by atoms with Gasteiger partial charge in [-0.3, -0.25) is 9.52 Å². The molecule has 0 bridgehead atoms. The number of carbonyl (C=O) groups excluding carboxylic acids is 1. The molecule has 1 heterocycles. The summed E-state index contributed by atoms with van der Waals surface area (Å²) in [5.74, 6) is 0.812. The van der Waals surface area contributed by atoms with E-state index in [1.54, 1.807) is 18.2 Å². The molecule has 1 aromatic heterocycles. The average Bonchev–Trinajstić information content (AvgIpc) is 3.31. The fraction of sp³-hybridized carbons (Fsp3) is 0.192. The van der Waals surface area contributed by atoms with Crippen molar-refractivity contribution in [3.05, 3.63) is 89.8 Å². The molecule has 0 aliphatic carbocycles. The van der Waals surface area contributed by atoms with Crippen LogP contribution in [-0.4, -0.2) is 24.5 Å². The van der Waals surface area contributed by atoms with Crippen LogP contribution < -0.4 is 10.0 Å². The van der Waals surface area contributed by atoms with Crippen LogP contribution >= 0.6 is 0 Å². The first-order chi connectivity index (χ1) is 16.8. The first kappa shape index (κ1) is 24.2. The van der Waals surface area contributed by atoms with Crippen LogP contribution in [0.25, 0.3) is 11.4 Å². The van der Waals surface area contributed by atoms with E-state index >= 15 is 0 Å². The minimum absolute atomic E-state index is 0.113. The first-order valence-corrected chi connectivity index (χ1v) is 12.7. The van der Waals surface area contributed by atoms with Gasteiger partial charge in [0, 0.05) is 24.1 Å². The predicted molar refractivity (Wildman–Crippen MR) is 134 cm³/mol. The molecule has 0 saturated heterocycles. The summed E-state index contributed by atoms with van der Waals surface area (Å²) in [5.41, 5.74) is 3.72. The summed E-state index contributed by atoms with van der Waals surface area (Å²) in [5, 5.41) is 6.76. The molecule has 0 aliphatic rings. The molecule has 0 spiro atoms. The standard InChI is InChI=1S/C26H26N4O4S/c1-18-11-12-19(2)23(17-18)30-35(32,33)22-15-13-21(14-16-22)27-24(31)9-6-10-25-28-26(29-34-25)20-7-4-3-5-8-20/h3-5,7-8,11-17,30H,6,9-10H2,1-2H3,(H,27,31). The van der Waals surface area contributed by atoms with E-state index in [0.29, 0.717) is 35.9 Å². The van der Waals surface area contributed by atoms with Crippen molar-refractivity contribution in [3.8, 4) is 11.4 Å². The lowest BCUT2D eigenvalue weighted by Gasteiger charge is -2.12. The van der Waals surface area contributed by atoms with Crippen molar-refractivity contribution >= 4 is 27.3 Å². The Hall–Kier alpha value is -3.98. The van der Waals surface area contributed by atoms with E-state index in [1.165, 1.54) is 12.1 Å². The van der Waals surface area contributed by atoms with Crippen LogP contribution in [0.1, 0.15) is 29.9 Å². The van der Waals surface area contributed by atoms with Crippen molar-refractivity contribution in [2.24, 2.45) is 0 Å². The topological polar surface area (TPSA) is 114 Å². The molecule has 8 nitrogen and oxygen atoms in total. The van der Waals surface area contributed by atoms with Crippen LogP contribution in [0.4, 0.5) is 11.4 Å². The van der Waals surface area contributed by atoms with E-state index in [1.807, 2.05) is 56.3 Å². The number of hydrogen-bond acceptors (Lipinski definition) is 6. The summed E-state index contributed by atoms with van der Waals surface area (Å²) in [7, 11) is -3.75. The highest BCUT2D eigenvalue weighted by Gasteiger charge is 2.16. The van der Waals surface area contributed by atoms with E-state index in [9.17, 15) is 13.2 Å². The summed E-state index contributed by atoms with van der Waals surface area (Å²) >= 11 is 0. The van der Waals surface area contributed by atoms with Crippen molar-refractivity contribution < 1.29 is 17.7 Å². The molecule has 9 heteroatoms. The van der Waals surface area contributed by atoms with Gasteiger partial charge in [-0.15, -0.1) is 0 Å². The maximum absolute atomic E-state index is 12.7. The SMILES string of the molecule is Cc1ccc(C)c(NS(=O)(=O)c2ccc(NC(=O)CCCc3nc(-c4ccccc4)no3)cc2)c1. The van der Waals surface area contributed by atoms with Gasteiger partial charge in [0.05, 0.1) is 10.6 Å². The molecule has 4 aromatic rings. The normalized spacial score (nSPS) is 11.3. The number of amides is 1. The van der Waals surface area contributed by atoms with Crippen molar-refractivity contribution in [3.63, 3.8) is 0 Å². The van der Waals surface area contributed by atoms with Gasteiger partial charge in [0.15, 0.2) is 0 Å². The van der Waals surface area contributed by atoms with Crippen LogP contribution in [0.5, 0.6) is 0 Å². The molecule has 35 heavy (non-hydrogen) atoms. The highest BCUT2D eigenvalue weighted by atomic mass is 32.2. The number of carbonyl (C=O) groups is 1. The Morgan fingerprint density at radius 3 is 2.46 bits per heavy atom. The zero-order chi connectivity index (χ0) is 24.8. The smallest absolute Gasteiger partial charge is 0.261 e. The highest BCUT2D eigenvalue weighted by molar-refractivity contribution is 7.92. The van der Waals surface area contributed by atoms with E-state index in [4.69, 9.17) is 4.52 Å². The lowest BCUT2D eigenvalue weighted by Crippen LogP contribution is -2.14. The Labute approximate surface area is 204 Å². The van der Waals surface area contributed by atoms with Gasteiger partial charge in [-0.25, -0.2) is 8.42 Å². The van der Waals surface area contributed by atoms with E-state index in [0.717, 1.165) is 16.7 Å². The minimum Gasteiger partial charge on any atom is -0.339 e. The Morgan fingerprint density at radius 2 is 1.71 bits per heavy atom. The zero-order valence-electron chi connectivity index (χ0n) is 19.5. The number of nitrogens with one attached hydrogen (secondary N) is 2. The zero-order valence-corrected chi connectivity index (χ0v) is 20.3. The summed E-state index contributed by atoms with van der Waals surface area (Å²) in [4.78, 5) is 16.8. The van der Waals surface area contributed by atoms with Crippen molar-refractivity contribution in [2.45, 2.75) is 38.0 Å². The number of rotatable bonds is 9. The second-order valence-corrected chi connectivity index (χ2v) is 9.91. The van der Waals surface area contributed by atoms with Crippen molar-refractivity contribution in [1.82, 2.24) is 10.1 Å². The first-order valence-electron chi connectivity index (χ1n) is 11.2. The second-order valence-electron chi connectivity index (χ2n) is 8.23. The molecule has 4 rings (SSSR count). The Morgan fingerprint density at radius 1 is 0.971 bits per heavy atom. The lowest BCUT2D eigenvalue weighted by molar-refractivity contribution is -0.116. The number of anilines is 2. The molecule has 3 aromatic carbocycles. The van der Waals surface area contributed by atoms with Crippen molar-refractivity contribution in [1.29, 1.82) is 0 Å². The molecular formula is C26H26N4O4S. The number of benzene rings is 3. The van der Waals surface area contributed by atoms with Crippen molar-refractivity contribution in [2.75, 3.05) is 10.0 Å². The number of aryl methyl sites for hydroxylation is 3. The third-order valence-corrected chi connectivity index (χ3v) is 6.76.